The van der Waals surface area contributed by atoms with Crippen LogP contribution in [0.5, 0.6) is 0 Å². The van der Waals surface area contributed by atoms with Crippen molar-refractivity contribution < 1.29 is 13.6 Å². The molecule has 1 aliphatic rings. The van der Waals surface area contributed by atoms with Gasteiger partial charge in [-0.1, -0.05) is 28.1 Å². The summed E-state index contributed by atoms with van der Waals surface area (Å²) in [4.78, 5) is 19.2. The van der Waals surface area contributed by atoms with Crippen molar-refractivity contribution in [2.45, 2.75) is 25.4 Å². The zero-order chi connectivity index (χ0) is 25.9. The van der Waals surface area contributed by atoms with E-state index >= 15 is 0 Å². The molecule has 0 saturated carbocycles. The highest BCUT2D eigenvalue weighted by atomic mass is 79.9. The minimum absolute atomic E-state index is 0.182. The minimum atomic E-state index is -0.356. The van der Waals surface area contributed by atoms with Crippen LogP contribution in [-0.2, 0) is 4.79 Å². The largest absolute Gasteiger partial charge is 0.459 e. The summed E-state index contributed by atoms with van der Waals surface area (Å²) in [5, 5.41) is 6.69. The van der Waals surface area contributed by atoms with Crippen molar-refractivity contribution in [2.24, 2.45) is 0 Å². The molecular formula is C28H24BrFN4O2S. The first-order valence-electron chi connectivity index (χ1n) is 11.8. The third-order valence-electron chi connectivity index (χ3n) is 6.21. The molecule has 5 rings (SSSR count). The molecule has 0 aliphatic carbocycles. The number of thiocarbonyl (C=S) groups is 1. The average molecular weight is 579 g/mol. The molecule has 3 heterocycles. The van der Waals surface area contributed by atoms with Gasteiger partial charge in [-0.15, -0.1) is 0 Å². The number of anilines is 1. The topological polar surface area (TPSA) is 70.4 Å². The first kappa shape index (κ1) is 25.1. The fraction of sp³-hybridized carbons (Fsp3) is 0.179. The molecule has 1 aliphatic heterocycles. The predicted molar refractivity (Wildman–Crippen MR) is 148 cm³/mol. The van der Waals surface area contributed by atoms with E-state index in [1.165, 1.54) is 24.3 Å². The van der Waals surface area contributed by atoms with E-state index in [9.17, 15) is 9.18 Å². The smallest absolute Gasteiger partial charge is 0.226 e. The number of furan rings is 1. The van der Waals surface area contributed by atoms with Crippen LogP contribution in [0.4, 0.5) is 10.1 Å². The molecule has 2 aromatic carbocycles. The molecule has 0 bridgehead atoms. The van der Waals surface area contributed by atoms with E-state index in [1.807, 2.05) is 60.4 Å². The first-order valence-corrected chi connectivity index (χ1v) is 13.0. The number of nitrogens with one attached hydrogen (secondary N) is 2. The number of amides is 1. The summed E-state index contributed by atoms with van der Waals surface area (Å²) >= 11 is 9.33. The lowest BCUT2D eigenvalue weighted by Gasteiger charge is -2.25. The van der Waals surface area contributed by atoms with E-state index < -0.39 is 0 Å². The second-order valence-electron chi connectivity index (χ2n) is 8.81. The molecule has 9 heteroatoms. The first-order chi connectivity index (χ1) is 17.9. The standard InChI is InChI=1S/C28H24BrFN4O2S/c1-17-5-10-20(21(29)16-17)23-11-12-24(36-23)27-26(22-4-2-3-14-31-22)33-28(37)34(27)15-13-25(35)32-19-8-6-18(30)7-9-19/h2-12,14,16,26-27H,13,15H2,1H3,(H,32,35)(H,33,37). The van der Waals surface area contributed by atoms with E-state index in [4.69, 9.17) is 16.6 Å². The molecule has 2 aromatic heterocycles. The second-order valence-corrected chi connectivity index (χ2v) is 10.1. The van der Waals surface area contributed by atoms with Crippen LogP contribution in [0.3, 0.4) is 0 Å². The van der Waals surface area contributed by atoms with Crippen LogP contribution in [0, 0.1) is 12.7 Å². The number of pyridine rings is 1. The molecule has 4 aromatic rings. The van der Waals surface area contributed by atoms with Gasteiger partial charge in [0.05, 0.1) is 11.7 Å². The van der Waals surface area contributed by atoms with E-state index in [0.717, 1.165) is 27.1 Å². The molecule has 2 unspecified atom stereocenters. The third kappa shape index (κ3) is 5.57. The van der Waals surface area contributed by atoms with Crippen LogP contribution in [0.25, 0.3) is 11.3 Å². The zero-order valence-electron chi connectivity index (χ0n) is 19.9. The lowest BCUT2D eigenvalue weighted by molar-refractivity contribution is -0.116. The third-order valence-corrected chi connectivity index (χ3v) is 7.22. The normalized spacial score (nSPS) is 17.1. The lowest BCUT2D eigenvalue weighted by atomic mass is 10.0. The van der Waals surface area contributed by atoms with Gasteiger partial charge in [-0.2, -0.15) is 0 Å². The Morgan fingerprint density at radius 3 is 2.70 bits per heavy atom. The number of carbonyl (C=O) groups excluding carboxylic acids is 1. The summed E-state index contributed by atoms with van der Waals surface area (Å²) in [6, 6.07) is 20.9. The van der Waals surface area contributed by atoms with Crippen molar-refractivity contribution in [3.8, 4) is 11.3 Å². The molecule has 1 fully saturated rings. The summed E-state index contributed by atoms with van der Waals surface area (Å²) in [5.74, 6) is 0.890. The van der Waals surface area contributed by atoms with Crippen LogP contribution in [0.2, 0.25) is 0 Å². The second kappa shape index (κ2) is 10.8. The molecule has 188 valence electrons. The monoisotopic (exact) mass is 578 g/mol. The molecular weight excluding hydrogens is 555 g/mol. The fourth-order valence-corrected chi connectivity index (χ4v) is 5.43. The minimum Gasteiger partial charge on any atom is -0.459 e. The highest BCUT2D eigenvalue weighted by molar-refractivity contribution is 9.10. The molecule has 1 amide bonds. The van der Waals surface area contributed by atoms with Crippen molar-refractivity contribution in [2.75, 3.05) is 11.9 Å². The molecule has 2 atom stereocenters. The Morgan fingerprint density at radius 1 is 1.16 bits per heavy atom. The summed E-state index contributed by atoms with van der Waals surface area (Å²) in [7, 11) is 0. The van der Waals surface area contributed by atoms with Gasteiger partial charge in [0.2, 0.25) is 5.91 Å². The maximum atomic E-state index is 13.2. The van der Waals surface area contributed by atoms with Crippen LogP contribution in [-0.4, -0.2) is 27.4 Å². The average Bonchev–Trinajstić information content (AvgIpc) is 3.49. The Morgan fingerprint density at radius 2 is 1.97 bits per heavy atom. The highest BCUT2D eigenvalue weighted by Gasteiger charge is 2.41. The van der Waals surface area contributed by atoms with Crippen LogP contribution < -0.4 is 10.6 Å². The number of aromatic nitrogens is 1. The van der Waals surface area contributed by atoms with Gasteiger partial charge in [0.1, 0.15) is 23.4 Å². The van der Waals surface area contributed by atoms with E-state index in [1.54, 1.807) is 6.20 Å². The molecule has 0 radical (unpaired) electrons. The van der Waals surface area contributed by atoms with Crippen LogP contribution >= 0.6 is 28.1 Å². The number of rotatable bonds is 7. The van der Waals surface area contributed by atoms with Crippen LogP contribution in [0.1, 0.15) is 35.5 Å². The Bertz CT molecular complexity index is 1430. The van der Waals surface area contributed by atoms with Gasteiger partial charge in [0.15, 0.2) is 5.11 Å². The molecule has 6 nitrogen and oxygen atoms in total. The van der Waals surface area contributed by atoms with Crippen LogP contribution in [0.15, 0.2) is 87.9 Å². The lowest BCUT2D eigenvalue weighted by Crippen LogP contribution is -2.32. The van der Waals surface area contributed by atoms with Gasteiger partial charge in [-0.05, 0) is 85.4 Å². The van der Waals surface area contributed by atoms with E-state index in [0.29, 0.717) is 23.1 Å². The molecule has 2 N–H and O–H groups in total. The maximum absolute atomic E-state index is 13.2. The molecule has 1 saturated heterocycles. The van der Waals surface area contributed by atoms with Gasteiger partial charge < -0.3 is 20.0 Å². The number of hydrogen-bond acceptors (Lipinski definition) is 4. The van der Waals surface area contributed by atoms with Gasteiger partial charge >= 0.3 is 0 Å². The van der Waals surface area contributed by atoms with Gasteiger partial charge in [-0.25, -0.2) is 4.39 Å². The van der Waals surface area contributed by atoms with Crippen molar-refractivity contribution >= 4 is 44.9 Å². The van der Waals surface area contributed by atoms with Gasteiger partial charge in [-0.3, -0.25) is 9.78 Å². The van der Waals surface area contributed by atoms with Gasteiger partial charge in [0, 0.05) is 34.9 Å². The zero-order valence-corrected chi connectivity index (χ0v) is 22.4. The number of carbonyl (C=O) groups is 1. The molecule has 0 spiro atoms. The number of nitrogens with zero attached hydrogens (tertiary/aromatic N) is 2. The predicted octanol–water partition coefficient (Wildman–Crippen LogP) is 6.55. The quantitative estimate of drug-likeness (QED) is 0.242. The van der Waals surface area contributed by atoms with Crippen molar-refractivity contribution in [3.63, 3.8) is 0 Å². The summed E-state index contributed by atoms with van der Waals surface area (Å²) in [6.45, 7) is 2.39. The number of halogens is 2. The van der Waals surface area contributed by atoms with Crippen molar-refractivity contribution in [1.82, 2.24) is 15.2 Å². The Labute approximate surface area is 228 Å². The number of hydrogen-bond donors (Lipinski definition) is 2. The van der Waals surface area contributed by atoms with E-state index in [2.05, 4.69) is 31.5 Å². The molecule has 37 heavy (non-hydrogen) atoms. The van der Waals surface area contributed by atoms with E-state index in [-0.39, 0.29) is 30.2 Å². The maximum Gasteiger partial charge on any atom is 0.226 e. The Balaban J connectivity index is 1.40. The summed E-state index contributed by atoms with van der Waals surface area (Å²) < 4.78 is 20.5. The number of benzene rings is 2. The fourth-order valence-electron chi connectivity index (χ4n) is 4.41. The Hall–Kier alpha value is -3.56. The SMILES string of the molecule is Cc1ccc(-c2ccc(C3C(c4ccccn4)NC(=S)N3CCC(=O)Nc3ccc(F)cc3)o2)c(Br)c1. The van der Waals surface area contributed by atoms with Crippen molar-refractivity contribution in [3.05, 3.63) is 106 Å². The highest BCUT2D eigenvalue weighted by Crippen LogP contribution is 2.41. The van der Waals surface area contributed by atoms with Gasteiger partial charge in [0.25, 0.3) is 0 Å². The number of aryl methyl sites for hydroxylation is 1. The summed E-state index contributed by atoms with van der Waals surface area (Å²) in [6.07, 6.45) is 1.93. The van der Waals surface area contributed by atoms with Crippen molar-refractivity contribution in [1.29, 1.82) is 0 Å². The Kier molecular flexibility index (Phi) is 7.34. The summed E-state index contributed by atoms with van der Waals surface area (Å²) in [5.41, 5.74) is 3.46.